The lowest BCUT2D eigenvalue weighted by atomic mass is 9.86. The van der Waals surface area contributed by atoms with Gasteiger partial charge in [-0.2, -0.15) is 0 Å². The van der Waals surface area contributed by atoms with Gasteiger partial charge in [-0.15, -0.1) is 0 Å². The quantitative estimate of drug-likeness (QED) is 0.830. The average molecular weight is 234 g/mol. The monoisotopic (exact) mass is 234 g/mol. The Morgan fingerprint density at radius 2 is 2.24 bits per heavy atom. The van der Waals surface area contributed by atoms with Gasteiger partial charge < -0.3 is 10.4 Å². The number of carbonyl (C=O) groups is 1. The standard InChI is InChI=1S/C13H18N2O2/c16-12-7-2-1-5-10(12)9-15-13(17)11-6-3-4-8-14-11/h3-4,6,8,10,12,16H,1-2,5,7,9H2,(H,15,17). The van der Waals surface area contributed by atoms with Gasteiger partial charge in [0.1, 0.15) is 5.69 Å². The Morgan fingerprint density at radius 3 is 2.94 bits per heavy atom. The second-order valence-corrected chi connectivity index (χ2v) is 4.54. The van der Waals surface area contributed by atoms with Crippen LogP contribution in [-0.4, -0.2) is 28.6 Å². The van der Waals surface area contributed by atoms with Crippen LogP contribution in [-0.2, 0) is 0 Å². The molecule has 1 aromatic heterocycles. The summed E-state index contributed by atoms with van der Waals surface area (Å²) in [5.41, 5.74) is 0.429. The summed E-state index contributed by atoms with van der Waals surface area (Å²) in [7, 11) is 0. The molecule has 1 aliphatic carbocycles. The van der Waals surface area contributed by atoms with Crippen molar-refractivity contribution in [2.75, 3.05) is 6.54 Å². The zero-order valence-corrected chi connectivity index (χ0v) is 9.80. The molecule has 0 aliphatic heterocycles. The largest absolute Gasteiger partial charge is 0.393 e. The van der Waals surface area contributed by atoms with E-state index >= 15 is 0 Å². The molecule has 0 radical (unpaired) electrons. The fourth-order valence-electron chi connectivity index (χ4n) is 2.24. The highest BCUT2D eigenvalue weighted by Gasteiger charge is 2.23. The summed E-state index contributed by atoms with van der Waals surface area (Å²) in [4.78, 5) is 15.7. The molecule has 1 aliphatic rings. The topological polar surface area (TPSA) is 62.2 Å². The van der Waals surface area contributed by atoms with Gasteiger partial charge in [0.25, 0.3) is 5.91 Å². The number of aromatic nitrogens is 1. The van der Waals surface area contributed by atoms with Crippen LogP contribution in [0, 0.1) is 5.92 Å². The molecule has 1 saturated carbocycles. The highest BCUT2D eigenvalue weighted by molar-refractivity contribution is 5.92. The van der Waals surface area contributed by atoms with Crippen LogP contribution in [0.1, 0.15) is 36.2 Å². The molecule has 4 nitrogen and oxygen atoms in total. The second-order valence-electron chi connectivity index (χ2n) is 4.54. The minimum Gasteiger partial charge on any atom is -0.393 e. The van der Waals surface area contributed by atoms with Gasteiger partial charge in [-0.05, 0) is 25.0 Å². The van der Waals surface area contributed by atoms with Gasteiger partial charge in [0.2, 0.25) is 0 Å². The maximum Gasteiger partial charge on any atom is 0.269 e. The zero-order valence-electron chi connectivity index (χ0n) is 9.80. The van der Waals surface area contributed by atoms with Crippen molar-refractivity contribution < 1.29 is 9.90 Å². The van der Waals surface area contributed by atoms with Gasteiger partial charge in [-0.1, -0.05) is 18.9 Å². The molecule has 1 heterocycles. The van der Waals surface area contributed by atoms with Crippen LogP contribution < -0.4 is 5.32 Å². The first-order chi connectivity index (χ1) is 8.27. The number of aliphatic hydroxyl groups excluding tert-OH is 1. The summed E-state index contributed by atoms with van der Waals surface area (Å²) in [5, 5.41) is 12.6. The molecule has 0 bridgehead atoms. The maximum absolute atomic E-state index is 11.7. The molecule has 1 fully saturated rings. The third-order valence-electron chi connectivity index (χ3n) is 3.29. The van der Waals surface area contributed by atoms with E-state index < -0.39 is 0 Å². The van der Waals surface area contributed by atoms with Crippen molar-refractivity contribution >= 4 is 5.91 Å². The summed E-state index contributed by atoms with van der Waals surface area (Å²) < 4.78 is 0. The number of hydrogen-bond acceptors (Lipinski definition) is 3. The van der Waals surface area contributed by atoms with Gasteiger partial charge in [0, 0.05) is 18.7 Å². The minimum atomic E-state index is -0.271. The molecule has 2 atom stereocenters. The first-order valence-corrected chi connectivity index (χ1v) is 6.14. The fourth-order valence-corrected chi connectivity index (χ4v) is 2.24. The molecule has 1 aromatic rings. The Balaban J connectivity index is 1.84. The summed E-state index contributed by atoms with van der Waals surface area (Å²) in [5.74, 6) is 0.0276. The fraction of sp³-hybridized carbons (Fsp3) is 0.538. The zero-order chi connectivity index (χ0) is 12.1. The first-order valence-electron chi connectivity index (χ1n) is 6.14. The molecule has 0 aromatic carbocycles. The lowest BCUT2D eigenvalue weighted by Gasteiger charge is -2.27. The number of nitrogens with one attached hydrogen (secondary N) is 1. The first kappa shape index (κ1) is 12.0. The molecule has 4 heteroatoms. The number of carbonyl (C=O) groups excluding carboxylic acids is 1. The summed E-state index contributed by atoms with van der Waals surface area (Å²) in [6.45, 7) is 0.538. The molecular formula is C13H18N2O2. The number of nitrogens with zero attached hydrogens (tertiary/aromatic N) is 1. The van der Waals surface area contributed by atoms with Gasteiger partial charge in [-0.25, -0.2) is 0 Å². The SMILES string of the molecule is O=C(NCC1CCCCC1O)c1ccccn1. The summed E-state index contributed by atoms with van der Waals surface area (Å²) >= 11 is 0. The van der Waals surface area contributed by atoms with Crippen LogP contribution in [0.5, 0.6) is 0 Å². The van der Waals surface area contributed by atoms with Crippen molar-refractivity contribution in [3.05, 3.63) is 30.1 Å². The second kappa shape index (κ2) is 5.77. The van der Waals surface area contributed by atoms with Crippen molar-refractivity contribution in [1.29, 1.82) is 0 Å². The van der Waals surface area contributed by atoms with E-state index in [1.165, 1.54) is 0 Å². The molecule has 92 valence electrons. The van der Waals surface area contributed by atoms with Gasteiger partial charge in [0.15, 0.2) is 0 Å². The molecule has 2 N–H and O–H groups in total. The Hall–Kier alpha value is -1.42. The summed E-state index contributed by atoms with van der Waals surface area (Å²) in [6, 6.07) is 5.26. The van der Waals surface area contributed by atoms with Crippen LogP contribution in [0.15, 0.2) is 24.4 Å². The van der Waals surface area contributed by atoms with Gasteiger partial charge in [0.05, 0.1) is 6.10 Å². The van der Waals surface area contributed by atoms with E-state index in [2.05, 4.69) is 10.3 Å². The van der Waals surface area contributed by atoms with E-state index in [4.69, 9.17) is 0 Å². The number of amides is 1. The number of hydrogen-bond donors (Lipinski definition) is 2. The third kappa shape index (κ3) is 3.27. The Morgan fingerprint density at radius 1 is 1.41 bits per heavy atom. The van der Waals surface area contributed by atoms with Crippen molar-refractivity contribution in [3.8, 4) is 0 Å². The third-order valence-corrected chi connectivity index (χ3v) is 3.29. The molecule has 0 saturated heterocycles. The number of pyridine rings is 1. The van der Waals surface area contributed by atoms with E-state index in [-0.39, 0.29) is 17.9 Å². The van der Waals surface area contributed by atoms with Crippen molar-refractivity contribution in [2.24, 2.45) is 5.92 Å². The van der Waals surface area contributed by atoms with E-state index in [1.807, 2.05) is 0 Å². The average Bonchev–Trinajstić information content (AvgIpc) is 2.38. The summed E-state index contributed by atoms with van der Waals surface area (Å²) in [6.07, 6.45) is 5.40. The van der Waals surface area contributed by atoms with Crippen LogP contribution in [0.25, 0.3) is 0 Å². The highest BCUT2D eigenvalue weighted by atomic mass is 16.3. The predicted molar refractivity (Wildman–Crippen MR) is 64.5 cm³/mol. The van der Waals surface area contributed by atoms with Crippen LogP contribution in [0.3, 0.4) is 0 Å². The maximum atomic E-state index is 11.7. The van der Waals surface area contributed by atoms with E-state index in [0.29, 0.717) is 12.2 Å². The lowest BCUT2D eigenvalue weighted by Crippen LogP contribution is -2.36. The Kier molecular flexibility index (Phi) is 4.09. The van der Waals surface area contributed by atoms with Crippen LogP contribution in [0.2, 0.25) is 0 Å². The van der Waals surface area contributed by atoms with E-state index in [0.717, 1.165) is 25.7 Å². The Bertz CT molecular complexity index is 367. The Labute approximate surface area is 101 Å². The molecule has 17 heavy (non-hydrogen) atoms. The molecule has 2 unspecified atom stereocenters. The number of rotatable bonds is 3. The smallest absolute Gasteiger partial charge is 0.269 e. The van der Waals surface area contributed by atoms with E-state index in [9.17, 15) is 9.90 Å². The van der Waals surface area contributed by atoms with Gasteiger partial charge in [-0.3, -0.25) is 9.78 Å². The van der Waals surface area contributed by atoms with Crippen molar-refractivity contribution in [1.82, 2.24) is 10.3 Å². The minimum absolute atomic E-state index is 0.164. The van der Waals surface area contributed by atoms with Crippen molar-refractivity contribution in [2.45, 2.75) is 31.8 Å². The highest BCUT2D eigenvalue weighted by Crippen LogP contribution is 2.23. The van der Waals surface area contributed by atoms with Crippen molar-refractivity contribution in [3.63, 3.8) is 0 Å². The number of aliphatic hydroxyl groups is 1. The normalized spacial score (nSPS) is 24.3. The molecule has 2 rings (SSSR count). The van der Waals surface area contributed by atoms with E-state index in [1.54, 1.807) is 24.4 Å². The van der Waals surface area contributed by atoms with Crippen LogP contribution >= 0.6 is 0 Å². The van der Waals surface area contributed by atoms with Crippen LogP contribution in [0.4, 0.5) is 0 Å². The molecule has 1 amide bonds. The molecular weight excluding hydrogens is 216 g/mol. The molecule has 0 spiro atoms. The lowest BCUT2D eigenvalue weighted by molar-refractivity contribution is 0.0661. The predicted octanol–water partition coefficient (Wildman–Crippen LogP) is 1.36. The van der Waals surface area contributed by atoms with Gasteiger partial charge >= 0.3 is 0 Å².